The van der Waals surface area contributed by atoms with Gasteiger partial charge in [0.1, 0.15) is 6.29 Å². The first kappa shape index (κ1) is 37.9. The largest absolute Gasteiger partial charge is 0.480 e. The van der Waals surface area contributed by atoms with E-state index in [-0.39, 0.29) is 24.9 Å². The molecule has 1 aliphatic rings. The number of aldehydes is 1. The van der Waals surface area contributed by atoms with Crippen LogP contribution in [0.2, 0.25) is 0 Å². The van der Waals surface area contributed by atoms with E-state index < -0.39 is 5.97 Å². The third kappa shape index (κ3) is 20.7. The van der Waals surface area contributed by atoms with Crippen LogP contribution in [0.1, 0.15) is 40.0 Å². The van der Waals surface area contributed by atoms with Gasteiger partial charge in [0.15, 0.2) is 0 Å². The Morgan fingerprint density at radius 1 is 0.762 bits per heavy atom. The van der Waals surface area contributed by atoms with Crippen LogP contribution < -0.4 is 10.6 Å². The number of aliphatic carboxylic acids is 1. The maximum Gasteiger partial charge on any atom is 0.317 e. The Morgan fingerprint density at radius 3 is 1.88 bits per heavy atom. The van der Waals surface area contributed by atoms with Crippen molar-refractivity contribution < 1.29 is 33.8 Å². The van der Waals surface area contributed by atoms with Crippen LogP contribution in [0.25, 0.3) is 0 Å². The van der Waals surface area contributed by atoms with Gasteiger partial charge in [-0.25, -0.2) is 0 Å². The molecule has 1 heterocycles. The SMILES string of the molecule is CCN1CCN(CC=O)CCN(CC(=O)O)CCN(CC(=O)NCCOCCOCCC(=O)NCCCC(C)C)CC1. The second-order valence-electron chi connectivity index (χ2n) is 11.1. The summed E-state index contributed by atoms with van der Waals surface area (Å²) in [5.41, 5.74) is 0. The van der Waals surface area contributed by atoms with Crippen LogP contribution in [0.4, 0.5) is 0 Å². The molecule has 0 atom stereocenters. The number of nitrogens with one attached hydrogen (secondary N) is 2. The molecule has 0 aromatic carbocycles. The molecule has 0 radical (unpaired) electrons. The van der Waals surface area contributed by atoms with Crippen molar-refractivity contribution in [2.24, 2.45) is 5.92 Å². The van der Waals surface area contributed by atoms with Crippen molar-refractivity contribution in [2.45, 2.75) is 40.0 Å². The summed E-state index contributed by atoms with van der Waals surface area (Å²) in [5.74, 6) is -0.362. The number of nitrogens with zero attached hydrogens (tertiary/aromatic N) is 4. The summed E-state index contributed by atoms with van der Waals surface area (Å²) < 4.78 is 11.0. The highest BCUT2D eigenvalue weighted by molar-refractivity contribution is 5.78. The molecule has 0 aliphatic carbocycles. The second-order valence-corrected chi connectivity index (χ2v) is 11.1. The van der Waals surface area contributed by atoms with Gasteiger partial charge >= 0.3 is 5.97 Å². The highest BCUT2D eigenvalue weighted by Crippen LogP contribution is 2.02. The molecule has 13 heteroatoms. The number of hydrogen-bond acceptors (Lipinski definition) is 10. The summed E-state index contributed by atoms with van der Waals surface area (Å²) >= 11 is 0. The molecule has 0 aromatic heterocycles. The maximum atomic E-state index is 12.6. The number of carboxylic acid groups (broad SMARTS) is 1. The topological polar surface area (TPSA) is 144 Å². The quantitative estimate of drug-likeness (QED) is 0.124. The van der Waals surface area contributed by atoms with Crippen LogP contribution in [0, 0.1) is 5.92 Å². The molecule has 1 rings (SSSR count). The fourth-order valence-corrected chi connectivity index (χ4v) is 4.53. The smallest absolute Gasteiger partial charge is 0.317 e. The third-order valence-electron chi connectivity index (χ3n) is 7.13. The van der Waals surface area contributed by atoms with Crippen molar-refractivity contribution in [3.8, 4) is 0 Å². The molecule has 1 saturated heterocycles. The average Bonchev–Trinajstić information content (AvgIpc) is 2.94. The van der Waals surface area contributed by atoms with Crippen molar-refractivity contribution in [3.05, 3.63) is 0 Å². The molecule has 1 aliphatic heterocycles. The van der Waals surface area contributed by atoms with Gasteiger partial charge in [-0.15, -0.1) is 0 Å². The number of carboxylic acids is 1. The van der Waals surface area contributed by atoms with Gasteiger partial charge in [0.2, 0.25) is 11.8 Å². The molecule has 0 saturated carbocycles. The van der Waals surface area contributed by atoms with Crippen molar-refractivity contribution in [3.63, 3.8) is 0 Å². The van der Waals surface area contributed by atoms with Crippen molar-refractivity contribution in [1.29, 1.82) is 0 Å². The second kappa shape index (κ2) is 24.3. The minimum atomic E-state index is -0.895. The van der Waals surface area contributed by atoms with E-state index in [2.05, 4.69) is 46.1 Å². The van der Waals surface area contributed by atoms with E-state index in [1.807, 2.05) is 4.90 Å². The van der Waals surface area contributed by atoms with Gasteiger partial charge in [-0.05, 0) is 25.3 Å². The highest BCUT2D eigenvalue weighted by atomic mass is 16.5. The summed E-state index contributed by atoms with van der Waals surface area (Å²) in [6.07, 6.45) is 3.31. The first-order chi connectivity index (χ1) is 20.2. The summed E-state index contributed by atoms with van der Waals surface area (Å²) in [7, 11) is 0. The molecule has 13 nitrogen and oxygen atoms in total. The summed E-state index contributed by atoms with van der Waals surface area (Å²) in [6.45, 7) is 15.6. The Kier molecular flexibility index (Phi) is 21.9. The normalized spacial score (nSPS) is 17.0. The first-order valence-electron chi connectivity index (χ1n) is 15.5. The van der Waals surface area contributed by atoms with Crippen LogP contribution in [-0.4, -0.2) is 167 Å². The minimum Gasteiger partial charge on any atom is -0.480 e. The standard InChI is InChI=1S/C29H56N6O7/c1-4-32-10-12-33(18-19-36)13-15-35(25-29(39)40)17-16-34(14-11-32)24-28(38)31-9-21-42-23-22-41-20-7-27(37)30-8-5-6-26(2)3/h19,26H,4-18,20-25H2,1-3H3,(H,30,37)(H,31,38)(H,39,40). The number of carbonyl (C=O) groups is 4. The Morgan fingerprint density at radius 2 is 1.31 bits per heavy atom. The highest BCUT2D eigenvalue weighted by Gasteiger charge is 2.18. The molecule has 42 heavy (non-hydrogen) atoms. The number of carbonyl (C=O) groups excluding carboxylic acids is 3. The molecule has 0 bridgehead atoms. The van der Waals surface area contributed by atoms with Crippen molar-refractivity contribution in [2.75, 3.05) is 118 Å². The minimum absolute atomic E-state index is 0.00196. The molecule has 244 valence electrons. The zero-order valence-electron chi connectivity index (χ0n) is 26.2. The number of hydrogen-bond donors (Lipinski definition) is 3. The fraction of sp³-hybridized carbons (Fsp3) is 0.862. The zero-order valence-corrected chi connectivity index (χ0v) is 26.2. The first-order valence-corrected chi connectivity index (χ1v) is 15.5. The lowest BCUT2D eigenvalue weighted by molar-refractivity contribution is -0.138. The molecular weight excluding hydrogens is 544 g/mol. The molecule has 0 aromatic rings. The summed E-state index contributed by atoms with van der Waals surface area (Å²) in [5, 5.41) is 15.1. The van der Waals surface area contributed by atoms with E-state index in [9.17, 15) is 24.3 Å². The van der Waals surface area contributed by atoms with E-state index in [1.54, 1.807) is 0 Å². The number of likely N-dealkylation sites (N-methyl/N-ethyl adjacent to an activating group) is 1. The number of rotatable bonds is 20. The zero-order chi connectivity index (χ0) is 31.0. The van der Waals surface area contributed by atoms with Gasteiger partial charge in [-0.3, -0.25) is 29.1 Å². The van der Waals surface area contributed by atoms with Gasteiger partial charge in [-0.2, -0.15) is 0 Å². The van der Waals surface area contributed by atoms with E-state index in [0.717, 1.165) is 45.3 Å². The molecular formula is C29H56N6O7. The average molecular weight is 601 g/mol. The lowest BCUT2D eigenvalue weighted by atomic mass is 10.1. The van der Waals surface area contributed by atoms with Crippen molar-refractivity contribution >= 4 is 24.1 Å². The van der Waals surface area contributed by atoms with Crippen LogP contribution in [-0.2, 0) is 28.7 Å². The molecule has 0 spiro atoms. The Bertz CT molecular complexity index is 758. The van der Waals surface area contributed by atoms with Gasteiger partial charge in [0.05, 0.1) is 46.1 Å². The molecule has 3 N–H and O–H groups in total. The monoisotopic (exact) mass is 600 g/mol. The Balaban J connectivity index is 2.32. The Hall–Kier alpha value is -2.16. The van der Waals surface area contributed by atoms with E-state index in [1.165, 1.54) is 0 Å². The lowest BCUT2D eigenvalue weighted by Crippen LogP contribution is -2.49. The van der Waals surface area contributed by atoms with Crippen LogP contribution in [0.5, 0.6) is 0 Å². The molecule has 1 fully saturated rings. The predicted octanol–water partition coefficient (Wildman–Crippen LogP) is -0.397. The van der Waals surface area contributed by atoms with Crippen molar-refractivity contribution in [1.82, 2.24) is 30.2 Å². The lowest BCUT2D eigenvalue weighted by Gasteiger charge is -2.32. The summed E-state index contributed by atoms with van der Waals surface area (Å²) in [4.78, 5) is 55.2. The van der Waals surface area contributed by atoms with E-state index in [0.29, 0.717) is 91.1 Å². The maximum absolute atomic E-state index is 12.6. The van der Waals surface area contributed by atoms with E-state index >= 15 is 0 Å². The van der Waals surface area contributed by atoms with Gasteiger partial charge in [-0.1, -0.05) is 20.8 Å². The number of ether oxygens (including phenoxy) is 2. The van der Waals surface area contributed by atoms with Gasteiger partial charge in [0.25, 0.3) is 0 Å². The van der Waals surface area contributed by atoms with E-state index in [4.69, 9.17) is 9.47 Å². The van der Waals surface area contributed by atoms with Gasteiger partial charge < -0.3 is 34.9 Å². The third-order valence-corrected chi connectivity index (χ3v) is 7.13. The van der Waals surface area contributed by atoms with Crippen LogP contribution >= 0.6 is 0 Å². The van der Waals surface area contributed by atoms with Crippen LogP contribution in [0.15, 0.2) is 0 Å². The fourth-order valence-electron chi connectivity index (χ4n) is 4.53. The molecule has 0 unspecified atom stereocenters. The summed E-state index contributed by atoms with van der Waals surface area (Å²) in [6, 6.07) is 0. The van der Waals surface area contributed by atoms with Crippen LogP contribution in [0.3, 0.4) is 0 Å². The predicted molar refractivity (Wildman–Crippen MR) is 161 cm³/mol. The Labute approximate surface area is 252 Å². The van der Waals surface area contributed by atoms with Gasteiger partial charge in [0, 0.05) is 71.9 Å². The number of amides is 2. The molecule has 2 amide bonds.